The van der Waals surface area contributed by atoms with E-state index in [1.807, 2.05) is 6.92 Å². The molecule has 0 saturated carbocycles. The summed E-state index contributed by atoms with van der Waals surface area (Å²) in [5.41, 5.74) is 0.421. The van der Waals surface area contributed by atoms with E-state index in [-0.39, 0.29) is 18.1 Å². The molecule has 0 aliphatic carbocycles. The molecule has 0 fully saturated rings. The van der Waals surface area contributed by atoms with Crippen LogP contribution in [-0.4, -0.2) is 31.0 Å². The first-order chi connectivity index (χ1) is 8.49. The molecule has 0 heterocycles. The van der Waals surface area contributed by atoms with Crippen molar-refractivity contribution in [2.45, 2.75) is 6.92 Å². The topological polar surface area (TPSA) is 75.5 Å². The number of rotatable bonds is 5. The Labute approximate surface area is 113 Å². The Morgan fingerprint density at radius 1 is 1.56 bits per heavy atom. The number of hydrogen-bond donors (Lipinski definition) is 1. The molecule has 0 spiro atoms. The van der Waals surface area contributed by atoms with E-state index in [1.165, 1.54) is 13.1 Å². The Balaban J connectivity index is 3.12. The lowest BCUT2D eigenvalue weighted by atomic mass is 10.2. The minimum Gasteiger partial charge on any atom is -0.358 e. The van der Waals surface area contributed by atoms with E-state index < -0.39 is 4.92 Å². The second-order valence-electron chi connectivity index (χ2n) is 3.58. The van der Waals surface area contributed by atoms with Gasteiger partial charge in [0.2, 0.25) is 5.91 Å². The summed E-state index contributed by atoms with van der Waals surface area (Å²) in [5, 5.41) is 13.5. The number of carbonyl (C=O) groups is 1. The highest BCUT2D eigenvalue weighted by atomic mass is 79.9. The van der Waals surface area contributed by atoms with Crippen LogP contribution in [-0.2, 0) is 4.79 Å². The molecule has 6 nitrogen and oxygen atoms in total. The van der Waals surface area contributed by atoms with Crippen molar-refractivity contribution in [1.29, 1.82) is 0 Å². The summed E-state index contributed by atoms with van der Waals surface area (Å²) >= 11 is 3.20. The summed E-state index contributed by atoms with van der Waals surface area (Å²) in [4.78, 5) is 23.6. The maximum Gasteiger partial charge on any atom is 0.293 e. The van der Waals surface area contributed by atoms with E-state index in [9.17, 15) is 14.9 Å². The Bertz CT molecular complexity index is 465. The number of amides is 1. The summed E-state index contributed by atoms with van der Waals surface area (Å²) in [6.07, 6.45) is 0. The largest absolute Gasteiger partial charge is 0.358 e. The van der Waals surface area contributed by atoms with E-state index >= 15 is 0 Å². The molecule has 0 unspecified atom stereocenters. The molecule has 0 radical (unpaired) electrons. The quantitative estimate of drug-likeness (QED) is 0.665. The van der Waals surface area contributed by atoms with Crippen molar-refractivity contribution < 1.29 is 9.72 Å². The van der Waals surface area contributed by atoms with Crippen molar-refractivity contribution in [2.75, 3.05) is 25.0 Å². The maximum atomic E-state index is 11.4. The molecule has 1 rings (SSSR count). The molecule has 1 aromatic carbocycles. The lowest BCUT2D eigenvalue weighted by molar-refractivity contribution is -0.384. The molecule has 7 heteroatoms. The van der Waals surface area contributed by atoms with E-state index in [0.29, 0.717) is 16.7 Å². The third-order valence-corrected chi connectivity index (χ3v) is 2.96. The van der Waals surface area contributed by atoms with Crippen molar-refractivity contribution in [3.63, 3.8) is 0 Å². The average Bonchev–Trinajstić information content (AvgIpc) is 2.35. The van der Waals surface area contributed by atoms with Crippen LogP contribution >= 0.6 is 15.9 Å². The highest BCUT2D eigenvalue weighted by Gasteiger charge is 2.20. The Morgan fingerprint density at radius 3 is 2.72 bits per heavy atom. The highest BCUT2D eigenvalue weighted by Crippen LogP contribution is 2.30. The van der Waals surface area contributed by atoms with Gasteiger partial charge in [0.25, 0.3) is 5.69 Å². The van der Waals surface area contributed by atoms with Gasteiger partial charge in [-0.2, -0.15) is 0 Å². The second kappa shape index (κ2) is 6.34. The van der Waals surface area contributed by atoms with Gasteiger partial charge in [-0.3, -0.25) is 14.9 Å². The van der Waals surface area contributed by atoms with Gasteiger partial charge in [-0.05, 0) is 19.1 Å². The molecule has 0 saturated heterocycles. The minimum atomic E-state index is -0.452. The van der Waals surface area contributed by atoms with Gasteiger partial charge in [0.05, 0.1) is 11.5 Å². The summed E-state index contributed by atoms with van der Waals surface area (Å²) < 4.78 is 0.633. The molecule has 0 bridgehead atoms. The number of anilines is 1. The third kappa shape index (κ3) is 3.43. The first-order valence-corrected chi connectivity index (χ1v) is 6.18. The molecule has 1 amide bonds. The second-order valence-corrected chi connectivity index (χ2v) is 4.49. The van der Waals surface area contributed by atoms with Gasteiger partial charge in [-0.25, -0.2) is 0 Å². The number of nitro benzene ring substituents is 1. The molecule has 0 aromatic heterocycles. The average molecular weight is 316 g/mol. The number of likely N-dealkylation sites (N-methyl/N-ethyl adjacent to an activating group) is 2. The molecule has 0 aliphatic heterocycles. The molecular weight excluding hydrogens is 302 g/mol. The minimum absolute atomic E-state index is 0.0184. The van der Waals surface area contributed by atoms with Crippen LogP contribution in [0.1, 0.15) is 6.92 Å². The van der Waals surface area contributed by atoms with Crippen LogP contribution < -0.4 is 10.2 Å². The molecular formula is C11H14BrN3O3. The van der Waals surface area contributed by atoms with Gasteiger partial charge in [-0.15, -0.1) is 0 Å². The Kier molecular flexibility index (Phi) is 5.08. The van der Waals surface area contributed by atoms with Crippen molar-refractivity contribution in [2.24, 2.45) is 0 Å². The highest BCUT2D eigenvalue weighted by molar-refractivity contribution is 9.10. The first-order valence-electron chi connectivity index (χ1n) is 5.39. The zero-order chi connectivity index (χ0) is 13.7. The molecule has 1 N–H and O–H groups in total. The number of halogens is 1. The number of nitrogens with zero attached hydrogens (tertiary/aromatic N) is 2. The summed E-state index contributed by atoms with van der Waals surface area (Å²) in [7, 11) is 1.53. The van der Waals surface area contributed by atoms with Crippen LogP contribution in [0.2, 0.25) is 0 Å². The zero-order valence-electron chi connectivity index (χ0n) is 10.1. The fourth-order valence-electron chi connectivity index (χ4n) is 1.53. The van der Waals surface area contributed by atoms with Crippen LogP contribution in [0.4, 0.5) is 11.4 Å². The van der Waals surface area contributed by atoms with Crippen LogP contribution in [0.25, 0.3) is 0 Å². The van der Waals surface area contributed by atoms with Crippen molar-refractivity contribution >= 4 is 33.2 Å². The number of nitrogens with one attached hydrogen (secondary N) is 1. The Morgan fingerprint density at radius 2 is 2.22 bits per heavy atom. The lowest BCUT2D eigenvalue weighted by Gasteiger charge is -2.21. The lowest BCUT2D eigenvalue weighted by Crippen LogP contribution is -2.35. The predicted molar refractivity (Wildman–Crippen MR) is 72.8 cm³/mol. The van der Waals surface area contributed by atoms with Crippen LogP contribution in [0, 0.1) is 10.1 Å². The smallest absolute Gasteiger partial charge is 0.293 e. The number of hydrogen-bond acceptors (Lipinski definition) is 4. The molecule has 1 aromatic rings. The summed E-state index contributed by atoms with van der Waals surface area (Å²) in [6.45, 7) is 2.44. The van der Waals surface area contributed by atoms with Crippen molar-refractivity contribution in [1.82, 2.24) is 5.32 Å². The monoisotopic (exact) mass is 315 g/mol. The SMILES string of the molecule is CCN(CC(=O)NC)c1ccc(Br)cc1[N+](=O)[O-]. The van der Waals surface area contributed by atoms with Gasteiger partial charge in [-0.1, -0.05) is 15.9 Å². The van der Waals surface area contributed by atoms with E-state index in [4.69, 9.17) is 0 Å². The van der Waals surface area contributed by atoms with E-state index in [2.05, 4.69) is 21.2 Å². The third-order valence-electron chi connectivity index (χ3n) is 2.47. The number of benzene rings is 1. The molecule has 98 valence electrons. The number of nitro groups is 1. The van der Waals surface area contributed by atoms with Gasteiger partial charge in [0, 0.05) is 24.1 Å². The maximum absolute atomic E-state index is 11.4. The number of carbonyl (C=O) groups excluding carboxylic acids is 1. The van der Waals surface area contributed by atoms with Crippen LogP contribution in [0.5, 0.6) is 0 Å². The zero-order valence-corrected chi connectivity index (χ0v) is 11.7. The normalized spacial score (nSPS) is 9.94. The van der Waals surface area contributed by atoms with E-state index in [0.717, 1.165) is 0 Å². The van der Waals surface area contributed by atoms with Crippen molar-refractivity contribution in [3.05, 3.63) is 32.8 Å². The summed E-state index contributed by atoms with van der Waals surface area (Å²) in [6, 6.07) is 4.78. The van der Waals surface area contributed by atoms with Crippen LogP contribution in [0.3, 0.4) is 0 Å². The fraction of sp³-hybridized carbons (Fsp3) is 0.364. The predicted octanol–water partition coefficient (Wildman–Crippen LogP) is 1.93. The van der Waals surface area contributed by atoms with Gasteiger partial charge in [0.15, 0.2) is 0 Å². The molecule has 0 atom stereocenters. The van der Waals surface area contributed by atoms with Crippen LogP contribution in [0.15, 0.2) is 22.7 Å². The summed E-state index contributed by atoms with van der Waals surface area (Å²) in [5.74, 6) is -0.186. The Hall–Kier alpha value is -1.63. The molecule has 18 heavy (non-hydrogen) atoms. The van der Waals surface area contributed by atoms with Gasteiger partial charge < -0.3 is 10.2 Å². The van der Waals surface area contributed by atoms with E-state index in [1.54, 1.807) is 17.0 Å². The first kappa shape index (κ1) is 14.4. The van der Waals surface area contributed by atoms with Gasteiger partial charge in [0.1, 0.15) is 5.69 Å². The molecule has 0 aliphatic rings. The standard InChI is InChI=1S/C11H14BrN3O3/c1-3-14(7-11(16)13-2)9-5-4-8(12)6-10(9)15(17)18/h4-6H,3,7H2,1-2H3,(H,13,16). The van der Waals surface area contributed by atoms with Gasteiger partial charge >= 0.3 is 0 Å². The fourth-order valence-corrected chi connectivity index (χ4v) is 1.88. The van der Waals surface area contributed by atoms with Crippen molar-refractivity contribution in [3.8, 4) is 0 Å².